The van der Waals surface area contributed by atoms with E-state index in [1.807, 2.05) is 55.6 Å². The Kier molecular flexibility index (Phi) is 5.21. The average Bonchev–Trinajstić information content (AvgIpc) is 3.38. The van der Waals surface area contributed by atoms with Gasteiger partial charge in [-0.05, 0) is 51.0 Å². The third-order valence-electron chi connectivity index (χ3n) is 5.38. The quantitative estimate of drug-likeness (QED) is 0.387. The molecule has 0 aliphatic carbocycles. The van der Waals surface area contributed by atoms with Crippen LogP contribution in [0.4, 0.5) is 0 Å². The summed E-state index contributed by atoms with van der Waals surface area (Å²) in [4.78, 5) is 34.9. The van der Waals surface area contributed by atoms with Crippen LogP contribution in [-0.4, -0.2) is 63.2 Å². The molecular weight excluding hydrogens is 400 g/mol. The smallest absolute Gasteiger partial charge is 0.295 e. The van der Waals surface area contributed by atoms with E-state index in [1.165, 1.54) is 11.3 Å². The molecule has 1 aliphatic rings. The Balaban J connectivity index is 1.92. The molecule has 7 nitrogen and oxygen atoms in total. The number of likely N-dealkylation sites (N-methyl/N-ethyl adjacent to an activating group) is 1. The number of aliphatic hydroxyl groups is 1. The van der Waals surface area contributed by atoms with Crippen LogP contribution >= 0.6 is 11.3 Å². The second-order valence-corrected chi connectivity index (χ2v) is 8.72. The second kappa shape index (κ2) is 7.70. The van der Waals surface area contributed by atoms with Gasteiger partial charge in [0.05, 0.1) is 17.3 Å². The number of amides is 1. The molecule has 3 aromatic rings. The van der Waals surface area contributed by atoms with E-state index in [1.54, 1.807) is 22.4 Å². The summed E-state index contributed by atoms with van der Waals surface area (Å²) in [6, 6.07) is 6.97. The molecule has 0 saturated carbocycles. The molecular formula is C22H24N4O3S. The molecule has 4 heterocycles. The van der Waals surface area contributed by atoms with E-state index < -0.39 is 17.7 Å². The van der Waals surface area contributed by atoms with E-state index in [0.717, 1.165) is 10.4 Å². The Hall–Kier alpha value is -2.97. The first-order chi connectivity index (χ1) is 14.3. The number of fused-ring (bicyclic) bond motifs is 1. The fourth-order valence-electron chi connectivity index (χ4n) is 3.89. The standard InChI is InChI=1S/C22H24N4O3S/c1-13-7-5-9-25-17(14(2)23-21(13)25)19(27)16-18(15-8-6-12-30-15)26(11-10-24(3)4)22(29)20(16)28/h5-9,12,18,27H,10-11H2,1-4H3/b19-16+/t18-/m1/s1. The van der Waals surface area contributed by atoms with Crippen LogP contribution in [0.15, 0.2) is 41.4 Å². The fourth-order valence-corrected chi connectivity index (χ4v) is 4.74. The Morgan fingerprint density at radius 1 is 1.23 bits per heavy atom. The van der Waals surface area contributed by atoms with Gasteiger partial charge in [0, 0.05) is 24.2 Å². The lowest BCUT2D eigenvalue weighted by Gasteiger charge is -2.25. The molecule has 0 bridgehead atoms. The number of likely N-dealkylation sites (tertiary alicyclic amines) is 1. The molecule has 156 valence electrons. The third-order valence-corrected chi connectivity index (χ3v) is 6.31. The molecule has 0 spiro atoms. The number of hydrogen-bond donors (Lipinski definition) is 1. The van der Waals surface area contributed by atoms with Gasteiger partial charge in [-0.25, -0.2) is 4.98 Å². The van der Waals surface area contributed by atoms with Gasteiger partial charge in [-0.1, -0.05) is 12.1 Å². The zero-order chi connectivity index (χ0) is 21.6. The largest absolute Gasteiger partial charge is 0.505 e. The van der Waals surface area contributed by atoms with E-state index in [4.69, 9.17) is 0 Å². The molecule has 0 unspecified atom stereocenters. The Labute approximate surface area is 178 Å². The molecule has 8 heteroatoms. The predicted octanol–water partition coefficient (Wildman–Crippen LogP) is 3.00. The van der Waals surface area contributed by atoms with E-state index in [0.29, 0.717) is 30.1 Å². The van der Waals surface area contributed by atoms with Crippen LogP contribution in [0, 0.1) is 13.8 Å². The molecule has 0 radical (unpaired) electrons. The molecule has 1 saturated heterocycles. The summed E-state index contributed by atoms with van der Waals surface area (Å²) in [6.07, 6.45) is 1.81. The van der Waals surface area contributed by atoms with Gasteiger partial charge in [0.15, 0.2) is 5.76 Å². The van der Waals surface area contributed by atoms with Crippen LogP contribution in [0.25, 0.3) is 11.4 Å². The van der Waals surface area contributed by atoms with Crippen molar-refractivity contribution in [1.82, 2.24) is 19.2 Å². The van der Waals surface area contributed by atoms with Crippen LogP contribution in [0.3, 0.4) is 0 Å². The lowest BCUT2D eigenvalue weighted by molar-refractivity contribution is -0.140. The number of ketones is 1. The van der Waals surface area contributed by atoms with Crippen LogP contribution in [0.5, 0.6) is 0 Å². The van der Waals surface area contributed by atoms with Crippen LogP contribution in [0.1, 0.15) is 27.9 Å². The molecule has 1 atom stereocenters. The van der Waals surface area contributed by atoms with Crippen molar-refractivity contribution in [3.8, 4) is 0 Å². The van der Waals surface area contributed by atoms with Gasteiger partial charge in [-0.3, -0.25) is 14.0 Å². The number of Topliss-reactive ketones (excluding diaryl/α,β-unsaturated/α-hetero) is 1. The summed E-state index contributed by atoms with van der Waals surface area (Å²) < 4.78 is 1.78. The average molecular weight is 425 g/mol. The number of thiophene rings is 1. The van der Waals surface area contributed by atoms with E-state index >= 15 is 0 Å². The highest BCUT2D eigenvalue weighted by atomic mass is 32.1. The topological polar surface area (TPSA) is 78.1 Å². The van der Waals surface area contributed by atoms with Crippen molar-refractivity contribution >= 4 is 34.4 Å². The highest BCUT2D eigenvalue weighted by Gasteiger charge is 2.46. The van der Waals surface area contributed by atoms with Gasteiger partial charge in [0.2, 0.25) is 0 Å². The summed E-state index contributed by atoms with van der Waals surface area (Å²) in [7, 11) is 3.84. The maximum atomic E-state index is 13.1. The van der Waals surface area contributed by atoms with Crippen molar-refractivity contribution < 1.29 is 14.7 Å². The van der Waals surface area contributed by atoms with Crippen molar-refractivity contribution in [2.45, 2.75) is 19.9 Å². The number of hydrogen-bond acceptors (Lipinski definition) is 6. The molecule has 1 amide bonds. The van der Waals surface area contributed by atoms with Gasteiger partial charge in [-0.15, -0.1) is 11.3 Å². The number of imidazole rings is 1. The van der Waals surface area contributed by atoms with Gasteiger partial charge < -0.3 is 14.9 Å². The van der Waals surface area contributed by atoms with Gasteiger partial charge in [0.25, 0.3) is 11.7 Å². The minimum Gasteiger partial charge on any atom is -0.505 e. The first-order valence-electron chi connectivity index (χ1n) is 9.72. The molecule has 1 N–H and O–H groups in total. The zero-order valence-corrected chi connectivity index (χ0v) is 18.2. The maximum Gasteiger partial charge on any atom is 0.295 e. The van der Waals surface area contributed by atoms with E-state index in [2.05, 4.69) is 4.98 Å². The van der Waals surface area contributed by atoms with Gasteiger partial charge in [0.1, 0.15) is 11.3 Å². The minimum atomic E-state index is -0.661. The van der Waals surface area contributed by atoms with Crippen molar-refractivity contribution in [2.24, 2.45) is 0 Å². The monoisotopic (exact) mass is 424 g/mol. The first-order valence-corrected chi connectivity index (χ1v) is 10.6. The number of aryl methyl sites for hydroxylation is 2. The summed E-state index contributed by atoms with van der Waals surface area (Å²) in [6.45, 7) is 4.74. The number of aromatic nitrogens is 2. The number of carbonyl (C=O) groups excluding carboxylic acids is 2. The van der Waals surface area contributed by atoms with Gasteiger partial charge in [-0.2, -0.15) is 0 Å². The van der Waals surface area contributed by atoms with Crippen molar-refractivity contribution in [3.05, 3.63) is 63.2 Å². The van der Waals surface area contributed by atoms with E-state index in [9.17, 15) is 14.7 Å². The van der Waals surface area contributed by atoms with Gasteiger partial charge >= 0.3 is 0 Å². The predicted molar refractivity (Wildman–Crippen MR) is 117 cm³/mol. The SMILES string of the molecule is Cc1nc2c(C)cccn2c1/C(O)=C1\C(=O)C(=O)N(CCN(C)C)[C@@H]1c1cccs1. The summed E-state index contributed by atoms with van der Waals surface area (Å²) in [5.74, 6) is -1.43. The van der Waals surface area contributed by atoms with Crippen LogP contribution < -0.4 is 0 Å². The fraction of sp³-hybridized carbons (Fsp3) is 0.318. The van der Waals surface area contributed by atoms with Crippen LogP contribution in [-0.2, 0) is 9.59 Å². The highest BCUT2D eigenvalue weighted by molar-refractivity contribution is 7.10. The zero-order valence-electron chi connectivity index (χ0n) is 17.4. The van der Waals surface area contributed by atoms with Crippen molar-refractivity contribution in [1.29, 1.82) is 0 Å². The third kappa shape index (κ3) is 3.22. The Morgan fingerprint density at radius 2 is 2.00 bits per heavy atom. The van der Waals surface area contributed by atoms with Crippen LogP contribution in [0.2, 0.25) is 0 Å². The Morgan fingerprint density at radius 3 is 2.67 bits per heavy atom. The molecule has 1 aliphatic heterocycles. The number of pyridine rings is 1. The number of rotatable bonds is 5. The van der Waals surface area contributed by atoms with Crippen molar-refractivity contribution in [3.63, 3.8) is 0 Å². The first kappa shape index (κ1) is 20.3. The Bertz CT molecular complexity index is 1160. The number of carbonyl (C=O) groups is 2. The highest BCUT2D eigenvalue weighted by Crippen LogP contribution is 2.41. The molecule has 0 aromatic carbocycles. The molecule has 4 rings (SSSR count). The summed E-state index contributed by atoms with van der Waals surface area (Å²) >= 11 is 1.46. The maximum absolute atomic E-state index is 13.1. The summed E-state index contributed by atoms with van der Waals surface area (Å²) in [5, 5.41) is 13.3. The lowest BCUT2D eigenvalue weighted by atomic mass is 10.0. The normalized spacial score (nSPS) is 18.8. The van der Waals surface area contributed by atoms with E-state index in [-0.39, 0.29) is 11.3 Å². The minimum absolute atomic E-state index is 0.118. The van der Waals surface area contributed by atoms with Crippen molar-refractivity contribution in [2.75, 3.05) is 27.2 Å². The number of aliphatic hydroxyl groups excluding tert-OH is 1. The number of nitrogens with zero attached hydrogens (tertiary/aromatic N) is 4. The lowest BCUT2D eigenvalue weighted by Crippen LogP contribution is -2.35. The summed E-state index contributed by atoms with van der Waals surface area (Å²) in [5.41, 5.74) is 2.84. The molecule has 3 aromatic heterocycles. The second-order valence-electron chi connectivity index (χ2n) is 7.74. The molecule has 30 heavy (non-hydrogen) atoms. The molecule has 1 fully saturated rings.